The fourth-order valence-electron chi connectivity index (χ4n) is 2.32. The van der Waals surface area contributed by atoms with E-state index >= 15 is 0 Å². The van der Waals surface area contributed by atoms with Crippen LogP contribution in [0.1, 0.15) is 15.2 Å². The number of hydrogen-bond acceptors (Lipinski definition) is 5. The normalized spacial score (nSPS) is 12.1. The summed E-state index contributed by atoms with van der Waals surface area (Å²) in [5.74, 6) is -1.24. The molecule has 1 N–H and O–H groups in total. The highest BCUT2D eigenvalue weighted by atomic mass is 79.9. The lowest BCUT2D eigenvalue weighted by Gasteiger charge is -2.17. The number of nitrogens with zero attached hydrogens (tertiary/aromatic N) is 1. The number of hydrogen-bond donors (Lipinski definition) is 1. The van der Waals surface area contributed by atoms with Gasteiger partial charge >= 0.3 is 5.97 Å². The van der Waals surface area contributed by atoms with E-state index in [0.717, 1.165) is 21.4 Å². The van der Waals surface area contributed by atoms with Crippen molar-refractivity contribution in [3.63, 3.8) is 0 Å². The molecule has 2 heterocycles. The predicted octanol–water partition coefficient (Wildman–Crippen LogP) is 4.24. The Kier molecular flexibility index (Phi) is 4.80. The molecule has 0 atom stereocenters. The molecule has 0 aliphatic carbocycles. The van der Waals surface area contributed by atoms with Gasteiger partial charge < -0.3 is 5.11 Å². The molecule has 24 heavy (non-hydrogen) atoms. The second-order valence-corrected chi connectivity index (χ2v) is 9.70. The van der Waals surface area contributed by atoms with Crippen molar-refractivity contribution in [2.24, 2.45) is 0 Å². The zero-order chi connectivity index (χ0) is 17.5. The zero-order valence-corrected chi connectivity index (χ0v) is 16.4. The van der Waals surface area contributed by atoms with Gasteiger partial charge in [-0.05, 0) is 32.9 Å². The van der Waals surface area contributed by atoms with Crippen molar-refractivity contribution in [1.82, 2.24) is 4.31 Å². The number of halogens is 1. The maximum Gasteiger partial charge on any atom is 0.347 e. The summed E-state index contributed by atoms with van der Waals surface area (Å²) in [5.41, 5.74) is 0.836. The van der Waals surface area contributed by atoms with Crippen LogP contribution in [0.15, 0.2) is 44.4 Å². The molecule has 0 fully saturated rings. The number of aromatic carboxylic acids is 1. The molecular weight excluding hydrogens is 434 g/mol. The standard InChI is InChI=1S/C15H12BrNO4S3/c1-17(6-9-7-22-8-11(9)16)24(20,21)14-10-4-2-3-5-12(10)23-13(14)15(18)19/h2-5,7-8H,6H2,1H3,(H,18,19). The van der Waals surface area contributed by atoms with Crippen LogP contribution in [0.2, 0.25) is 0 Å². The van der Waals surface area contributed by atoms with Crippen LogP contribution in [0.3, 0.4) is 0 Å². The highest BCUT2D eigenvalue weighted by molar-refractivity contribution is 9.10. The van der Waals surface area contributed by atoms with Gasteiger partial charge in [-0.3, -0.25) is 0 Å². The van der Waals surface area contributed by atoms with Gasteiger partial charge in [-0.2, -0.15) is 15.6 Å². The fraction of sp³-hybridized carbons (Fsp3) is 0.133. The summed E-state index contributed by atoms with van der Waals surface area (Å²) in [6.07, 6.45) is 0. The Labute approximate surface area is 155 Å². The lowest BCUT2D eigenvalue weighted by molar-refractivity contribution is 0.0698. The Hall–Kier alpha value is -1.26. The lowest BCUT2D eigenvalue weighted by atomic mass is 10.2. The molecule has 1 aromatic carbocycles. The number of carboxylic acids is 1. The van der Waals surface area contributed by atoms with E-state index in [1.165, 1.54) is 22.7 Å². The van der Waals surface area contributed by atoms with E-state index in [4.69, 9.17) is 0 Å². The van der Waals surface area contributed by atoms with E-state index in [9.17, 15) is 18.3 Å². The summed E-state index contributed by atoms with van der Waals surface area (Å²) in [7, 11) is -2.49. The molecule has 3 rings (SSSR count). The van der Waals surface area contributed by atoms with E-state index in [0.29, 0.717) is 10.1 Å². The number of rotatable bonds is 5. The highest BCUT2D eigenvalue weighted by Gasteiger charge is 2.31. The molecule has 0 bridgehead atoms. The van der Waals surface area contributed by atoms with Crippen LogP contribution in [-0.2, 0) is 16.6 Å². The van der Waals surface area contributed by atoms with E-state index in [2.05, 4.69) is 15.9 Å². The molecule has 5 nitrogen and oxygen atoms in total. The van der Waals surface area contributed by atoms with Crippen molar-refractivity contribution in [2.45, 2.75) is 11.4 Å². The molecule has 0 radical (unpaired) electrons. The van der Waals surface area contributed by atoms with Gasteiger partial charge in [-0.1, -0.05) is 18.2 Å². The van der Waals surface area contributed by atoms with Crippen LogP contribution in [0.25, 0.3) is 10.1 Å². The minimum atomic E-state index is -3.94. The van der Waals surface area contributed by atoms with Crippen molar-refractivity contribution in [3.8, 4) is 0 Å². The number of fused-ring (bicyclic) bond motifs is 1. The summed E-state index contributed by atoms with van der Waals surface area (Å²) in [4.78, 5) is 11.3. The summed E-state index contributed by atoms with van der Waals surface area (Å²) < 4.78 is 28.7. The molecule has 0 spiro atoms. The first-order valence-corrected chi connectivity index (χ1v) is 10.7. The quantitative estimate of drug-likeness (QED) is 0.636. The van der Waals surface area contributed by atoms with Gasteiger partial charge in [0.15, 0.2) is 0 Å². The van der Waals surface area contributed by atoms with Crippen LogP contribution in [0, 0.1) is 0 Å². The molecular formula is C15H12BrNO4S3. The summed E-state index contributed by atoms with van der Waals surface area (Å²) in [6, 6.07) is 6.82. The Bertz CT molecular complexity index is 1020. The van der Waals surface area contributed by atoms with Gasteiger partial charge in [-0.25, -0.2) is 13.2 Å². The van der Waals surface area contributed by atoms with Gasteiger partial charge in [0, 0.05) is 33.5 Å². The predicted molar refractivity (Wildman–Crippen MR) is 99.5 cm³/mol. The highest BCUT2D eigenvalue weighted by Crippen LogP contribution is 2.36. The zero-order valence-electron chi connectivity index (χ0n) is 12.4. The topological polar surface area (TPSA) is 74.7 Å². The Morgan fingerprint density at radius 2 is 2.00 bits per heavy atom. The van der Waals surface area contributed by atoms with Gasteiger partial charge in [-0.15, -0.1) is 11.3 Å². The molecule has 9 heteroatoms. The largest absolute Gasteiger partial charge is 0.477 e. The van der Waals surface area contributed by atoms with E-state index in [1.807, 2.05) is 10.8 Å². The van der Waals surface area contributed by atoms with Gasteiger partial charge in [0.1, 0.15) is 9.77 Å². The molecule has 0 saturated carbocycles. The first kappa shape index (κ1) is 17.6. The third-order valence-corrected chi connectivity index (χ3v) is 8.51. The number of carboxylic acid groups (broad SMARTS) is 1. The average molecular weight is 446 g/mol. The number of sulfonamides is 1. The number of thiophene rings is 2. The third kappa shape index (κ3) is 3.02. The van der Waals surface area contributed by atoms with Gasteiger partial charge in [0.05, 0.1) is 0 Å². The summed E-state index contributed by atoms with van der Waals surface area (Å²) in [6.45, 7) is 0.162. The molecule has 126 valence electrons. The lowest BCUT2D eigenvalue weighted by Crippen LogP contribution is -2.27. The molecule has 3 aromatic rings. The van der Waals surface area contributed by atoms with Crippen LogP contribution < -0.4 is 0 Å². The second-order valence-electron chi connectivity index (χ2n) is 5.07. The van der Waals surface area contributed by atoms with E-state index in [1.54, 1.807) is 24.3 Å². The number of benzene rings is 1. The first-order chi connectivity index (χ1) is 11.3. The fourth-order valence-corrected chi connectivity index (χ4v) is 6.58. The second kappa shape index (κ2) is 6.57. The molecule has 0 amide bonds. The van der Waals surface area contributed by atoms with Gasteiger partial charge in [0.25, 0.3) is 0 Å². The van der Waals surface area contributed by atoms with Crippen LogP contribution in [-0.4, -0.2) is 30.8 Å². The molecule has 0 aliphatic rings. The summed E-state index contributed by atoms with van der Waals surface area (Å²) >= 11 is 5.83. The monoisotopic (exact) mass is 445 g/mol. The number of carbonyl (C=O) groups is 1. The Morgan fingerprint density at radius 3 is 2.62 bits per heavy atom. The third-order valence-electron chi connectivity index (χ3n) is 3.49. The molecule has 0 unspecified atom stereocenters. The minimum Gasteiger partial charge on any atom is -0.477 e. The Morgan fingerprint density at radius 1 is 1.29 bits per heavy atom. The summed E-state index contributed by atoms with van der Waals surface area (Å²) in [5, 5.41) is 13.6. The van der Waals surface area contributed by atoms with Crippen molar-refractivity contribution in [2.75, 3.05) is 7.05 Å². The van der Waals surface area contributed by atoms with Crippen LogP contribution in [0.5, 0.6) is 0 Å². The van der Waals surface area contributed by atoms with E-state index in [-0.39, 0.29) is 16.3 Å². The maximum atomic E-state index is 13.0. The van der Waals surface area contributed by atoms with Crippen LogP contribution in [0.4, 0.5) is 0 Å². The maximum absolute atomic E-state index is 13.0. The first-order valence-electron chi connectivity index (χ1n) is 6.74. The molecule has 0 saturated heterocycles. The van der Waals surface area contributed by atoms with Crippen LogP contribution >= 0.6 is 38.6 Å². The van der Waals surface area contributed by atoms with Crippen molar-refractivity contribution in [1.29, 1.82) is 0 Å². The smallest absolute Gasteiger partial charge is 0.347 e. The minimum absolute atomic E-state index is 0.135. The molecule has 0 aliphatic heterocycles. The van der Waals surface area contributed by atoms with Crippen molar-refractivity contribution in [3.05, 3.63) is 49.9 Å². The van der Waals surface area contributed by atoms with Crippen molar-refractivity contribution < 1.29 is 18.3 Å². The SMILES string of the molecule is CN(Cc1cscc1Br)S(=O)(=O)c1c(C(=O)O)sc2ccccc12. The van der Waals surface area contributed by atoms with Crippen molar-refractivity contribution >= 4 is 64.7 Å². The molecule has 2 aromatic heterocycles. The Balaban J connectivity index is 2.12. The average Bonchev–Trinajstić information content (AvgIpc) is 3.11. The van der Waals surface area contributed by atoms with E-state index < -0.39 is 16.0 Å². The van der Waals surface area contributed by atoms with Gasteiger partial charge in [0.2, 0.25) is 10.0 Å².